The van der Waals surface area contributed by atoms with Crippen LogP contribution in [-0.2, 0) is 0 Å². The van der Waals surface area contributed by atoms with Gasteiger partial charge in [0.05, 0.1) is 12.2 Å². The lowest BCUT2D eigenvalue weighted by molar-refractivity contribution is -0.159. The molecule has 1 fully saturated rings. The third kappa shape index (κ3) is 3.57. The van der Waals surface area contributed by atoms with Crippen LogP contribution in [0.15, 0.2) is 0 Å². The molecule has 4 N–H and O–H groups in total. The van der Waals surface area contributed by atoms with Crippen molar-refractivity contribution >= 4 is 8.38 Å². The molecule has 7 heteroatoms. The van der Waals surface area contributed by atoms with Gasteiger partial charge >= 0.3 is 0 Å². The molecule has 0 heterocycles. The van der Waals surface area contributed by atoms with E-state index in [1.807, 2.05) is 0 Å². The van der Waals surface area contributed by atoms with Gasteiger partial charge in [-0.05, 0) is 12.8 Å². The summed E-state index contributed by atoms with van der Waals surface area (Å²) in [6.45, 7) is 0. The quantitative estimate of drug-likeness (QED) is 0.543. The van der Waals surface area contributed by atoms with Crippen LogP contribution in [0.2, 0.25) is 0 Å². The molecular formula is C8H15F2O4P. The first-order chi connectivity index (χ1) is 6.83. The number of aliphatic hydroxyl groups excluding tert-OH is 2. The van der Waals surface area contributed by atoms with Gasteiger partial charge in [-0.2, -0.15) is 0 Å². The Balaban J connectivity index is 2.54. The molecule has 4 nitrogen and oxygen atoms in total. The summed E-state index contributed by atoms with van der Waals surface area (Å²) in [5.74, 6) is -4.12. The Bertz CT molecular complexity index is 215. The molecule has 0 bridgehead atoms. The zero-order chi connectivity index (χ0) is 11.6. The number of rotatable bonds is 3. The van der Waals surface area contributed by atoms with Crippen LogP contribution in [0.1, 0.15) is 19.3 Å². The molecule has 0 radical (unpaired) electrons. The van der Waals surface area contributed by atoms with Gasteiger partial charge in [-0.15, -0.1) is 0 Å². The first-order valence-electron chi connectivity index (χ1n) is 4.72. The van der Waals surface area contributed by atoms with E-state index in [4.69, 9.17) is 14.9 Å². The van der Waals surface area contributed by atoms with Crippen LogP contribution in [0.4, 0.5) is 8.78 Å². The molecular weight excluding hydrogens is 229 g/mol. The summed E-state index contributed by atoms with van der Waals surface area (Å²) in [4.78, 5) is 17.3. The lowest BCUT2D eigenvalue weighted by atomic mass is 9.80. The molecule has 3 unspecified atom stereocenters. The van der Waals surface area contributed by atoms with Crippen LogP contribution in [0.25, 0.3) is 0 Å². The molecule has 90 valence electrons. The number of hydrogen-bond acceptors (Lipinski definition) is 4. The highest BCUT2D eigenvalue weighted by atomic mass is 31.2. The van der Waals surface area contributed by atoms with Gasteiger partial charge in [0.15, 0.2) is 8.38 Å². The van der Waals surface area contributed by atoms with E-state index in [0.717, 1.165) is 0 Å². The van der Waals surface area contributed by atoms with Crippen LogP contribution in [0, 0.1) is 5.92 Å². The molecule has 0 aromatic heterocycles. The van der Waals surface area contributed by atoms with E-state index in [1.54, 1.807) is 0 Å². The molecule has 0 aromatic rings. The van der Waals surface area contributed by atoms with Crippen LogP contribution >= 0.6 is 8.38 Å². The molecule has 0 spiro atoms. The third-order valence-electron chi connectivity index (χ3n) is 2.73. The Hall–Kier alpha value is 0.130. The van der Waals surface area contributed by atoms with Gasteiger partial charge in [0.1, 0.15) is 0 Å². The summed E-state index contributed by atoms with van der Waals surface area (Å²) >= 11 is 0. The Morgan fingerprint density at radius 2 is 1.80 bits per heavy atom. The maximum Gasteiger partial charge on any atom is 0.253 e. The number of halogens is 2. The molecule has 1 aliphatic carbocycles. The summed E-state index contributed by atoms with van der Waals surface area (Å²) < 4.78 is 26.6. The second-order valence-electron chi connectivity index (χ2n) is 3.92. The zero-order valence-corrected chi connectivity index (χ0v) is 8.95. The minimum absolute atomic E-state index is 0.0461. The molecule has 15 heavy (non-hydrogen) atoms. The van der Waals surface area contributed by atoms with Crippen molar-refractivity contribution in [2.24, 2.45) is 5.92 Å². The highest BCUT2D eigenvalue weighted by Crippen LogP contribution is 2.42. The van der Waals surface area contributed by atoms with Crippen molar-refractivity contribution < 1.29 is 28.8 Å². The Morgan fingerprint density at radius 1 is 1.20 bits per heavy atom. The lowest BCUT2D eigenvalue weighted by Gasteiger charge is -2.37. The molecule has 0 aromatic carbocycles. The summed E-state index contributed by atoms with van der Waals surface area (Å²) in [5.41, 5.74) is 0. The second kappa shape index (κ2) is 4.97. The van der Waals surface area contributed by atoms with Crippen molar-refractivity contribution in [1.29, 1.82) is 0 Å². The van der Waals surface area contributed by atoms with Crippen molar-refractivity contribution in [3.63, 3.8) is 0 Å². The van der Waals surface area contributed by atoms with Gasteiger partial charge in [-0.25, -0.2) is 8.78 Å². The van der Waals surface area contributed by atoms with Crippen molar-refractivity contribution in [3.05, 3.63) is 0 Å². The highest BCUT2D eigenvalue weighted by molar-refractivity contribution is 7.45. The number of aliphatic hydroxyl groups is 2. The van der Waals surface area contributed by atoms with Gasteiger partial charge in [0, 0.05) is 18.5 Å². The second-order valence-corrected chi connectivity index (χ2v) is 5.11. The van der Waals surface area contributed by atoms with Crippen molar-refractivity contribution in [2.45, 2.75) is 37.4 Å². The first-order valence-corrected chi connectivity index (χ1v) is 6.15. The molecule has 0 amide bonds. The van der Waals surface area contributed by atoms with E-state index in [9.17, 15) is 13.9 Å². The molecule has 1 rings (SSSR count). The highest BCUT2D eigenvalue weighted by Gasteiger charge is 2.47. The smallest absolute Gasteiger partial charge is 0.253 e. The molecule has 1 saturated carbocycles. The maximum atomic E-state index is 13.3. The topological polar surface area (TPSA) is 80.9 Å². The summed E-state index contributed by atoms with van der Waals surface area (Å²) in [5, 5.41) is 18.3. The lowest BCUT2D eigenvalue weighted by Crippen LogP contribution is -2.46. The average Bonchev–Trinajstić information content (AvgIpc) is 2.08. The van der Waals surface area contributed by atoms with Crippen LogP contribution < -0.4 is 0 Å². The summed E-state index contributed by atoms with van der Waals surface area (Å²) in [6, 6.07) is 0. The normalized spacial score (nSPS) is 35.8. The van der Waals surface area contributed by atoms with Gasteiger partial charge in [0.2, 0.25) is 0 Å². The van der Waals surface area contributed by atoms with E-state index >= 15 is 0 Å². The van der Waals surface area contributed by atoms with Crippen molar-refractivity contribution in [1.82, 2.24) is 0 Å². The van der Waals surface area contributed by atoms with E-state index in [2.05, 4.69) is 0 Å². The van der Waals surface area contributed by atoms with E-state index < -0.39 is 38.8 Å². The Labute approximate surface area is 87.5 Å². The molecule has 3 atom stereocenters. The SMILES string of the molecule is OC1CC(CCP(O)O)C(F)(F)CC1O. The fourth-order valence-electron chi connectivity index (χ4n) is 1.80. The minimum atomic E-state index is -3.04. The molecule has 0 aliphatic heterocycles. The maximum absolute atomic E-state index is 13.3. The van der Waals surface area contributed by atoms with Gasteiger partial charge in [-0.3, -0.25) is 0 Å². The standard InChI is InChI=1S/C8H15F2O4P/c9-8(10)4-7(12)6(11)3-5(8)1-2-15(13)14/h5-7,11-14H,1-4H2. The molecule has 1 aliphatic rings. The van der Waals surface area contributed by atoms with Gasteiger partial charge < -0.3 is 20.0 Å². The van der Waals surface area contributed by atoms with E-state index in [1.165, 1.54) is 0 Å². The number of alkyl halides is 2. The summed E-state index contributed by atoms with van der Waals surface area (Å²) in [7, 11) is -2.17. The van der Waals surface area contributed by atoms with Gasteiger partial charge in [0.25, 0.3) is 5.92 Å². The van der Waals surface area contributed by atoms with Crippen LogP contribution in [-0.4, -0.2) is 44.3 Å². The fraction of sp³-hybridized carbons (Fsp3) is 1.00. The average molecular weight is 244 g/mol. The van der Waals surface area contributed by atoms with Crippen molar-refractivity contribution in [3.8, 4) is 0 Å². The Kier molecular flexibility index (Phi) is 4.38. The summed E-state index contributed by atoms with van der Waals surface area (Å²) in [6.07, 6.45) is -3.61. The third-order valence-corrected chi connectivity index (χ3v) is 3.38. The Morgan fingerprint density at radius 3 is 2.33 bits per heavy atom. The number of hydrogen-bond donors (Lipinski definition) is 4. The van der Waals surface area contributed by atoms with Gasteiger partial charge in [-0.1, -0.05) is 0 Å². The minimum Gasteiger partial charge on any atom is -0.390 e. The van der Waals surface area contributed by atoms with Crippen molar-refractivity contribution in [2.75, 3.05) is 6.16 Å². The van der Waals surface area contributed by atoms with Crippen LogP contribution in [0.5, 0.6) is 0 Å². The fourth-order valence-corrected chi connectivity index (χ4v) is 2.35. The predicted octanol–water partition coefficient (Wildman–Crippen LogP) is 0.440. The van der Waals surface area contributed by atoms with E-state index in [0.29, 0.717) is 0 Å². The largest absolute Gasteiger partial charge is 0.390 e. The zero-order valence-electron chi connectivity index (χ0n) is 8.05. The first kappa shape index (κ1) is 13.2. The monoisotopic (exact) mass is 244 g/mol. The van der Waals surface area contributed by atoms with Crippen LogP contribution in [0.3, 0.4) is 0 Å². The van der Waals surface area contributed by atoms with E-state index in [-0.39, 0.29) is 19.0 Å². The predicted molar refractivity (Wildman–Crippen MR) is 50.5 cm³/mol. The molecule has 0 saturated heterocycles.